The maximum Gasteiger partial charge on any atom is 0.210 e. The summed E-state index contributed by atoms with van der Waals surface area (Å²) in [6, 6.07) is 2.23. The van der Waals surface area contributed by atoms with E-state index < -0.39 is 0 Å². The van der Waals surface area contributed by atoms with Gasteiger partial charge in [0, 0.05) is 11.8 Å². The molecule has 1 fully saturated rings. The van der Waals surface area contributed by atoms with Gasteiger partial charge in [-0.15, -0.1) is 5.10 Å². The monoisotopic (exact) mass is 263 g/mol. The molecule has 2 heterocycles. The summed E-state index contributed by atoms with van der Waals surface area (Å²) in [5.41, 5.74) is 6.57. The van der Waals surface area contributed by atoms with Gasteiger partial charge in [-0.3, -0.25) is 0 Å². The first-order valence-corrected chi connectivity index (χ1v) is 6.71. The van der Waals surface area contributed by atoms with Gasteiger partial charge >= 0.3 is 0 Å². The maximum absolute atomic E-state index is 5.69. The summed E-state index contributed by atoms with van der Waals surface area (Å²) in [4.78, 5) is 8.53. The van der Waals surface area contributed by atoms with Gasteiger partial charge in [0.2, 0.25) is 5.16 Å². The van der Waals surface area contributed by atoms with Crippen molar-refractivity contribution in [3.8, 4) is 0 Å². The number of nitrogens with two attached hydrogens (primary N) is 1. The van der Waals surface area contributed by atoms with Crippen LogP contribution in [-0.2, 0) is 5.75 Å². The first kappa shape index (κ1) is 11.4. The maximum atomic E-state index is 5.69. The number of aryl methyl sites for hydroxylation is 1. The summed E-state index contributed by atoms with van der Waals surface area (Å²) in [6.45, 7) is 1.90. The third-order valence-electron chi connectivity index (χ3n) is 2.61. The summed E-state index contributed by atoms with van der Waals surface area (Å²) in [7, 11) is 0. The second-order valence-electron chi connectivity index (χ2n) is 4.28. The number of hydrogen-bond acceptors (Lipinski definition) is 7. The zero-order valence-electron chi connectivity index (χ0n) is 9.94. The highest BCUT2D eigenvalue weighted by atomic mass is 32.2. The van der Waals surface area contributed by atoms with E-state index in [2.05, 4.69) is 25.5 Å². The molecule has 0 aliphatic heterocycles. The van der Waals surface area contributed by atoms with Crippen LogP contribution in [0.4, 0.5) is 5.82 Å². The van der Waals surface area contributed by atoms with Gasteiger partial charge in [-0.1, -0.05) is 11.8 Å². The van der Waals surface area contributed by atoms with E-state index in [1.807, 2.05) is 11.6 Å². The second-order valence-corrected chi connectivity index (χ2v) is 5.22. The van der Waals surface area contributed by atoms with Crippen molar-refractivity contribution >= 4 is 17.6 Å². The van der Waals surface area contributed by atoms with Gasteiger partial charge in [0.15, 0.2) is 0 Å². The molecule has 18 heavy (non-hydrogen) atoms. The zero-order valence-corrected chi connectivity index (χ0v) is 10.8. The van der Waals surface area contributed by atoms with Crippen molar-refractivity contribution < 1.29 is 0 Å². The van der Waals surface area contributed by atoms with E-state index in [0.29, 0.717) is 23.4 Å². The summed E-state index contributed by atoms with van der Waals surface area (Å²) >= 11 is 1.54. The molecule has 94 valence electrons. The third-order valence-corrected chi connectivity index (χ3v) is 3.54. The van der Waals surface area contributed by atoms with E-state index in [1.54, 1.807) is 6.07 Å². The zero-order chi connectivity index (χ0) is 12.5. The van der Waals surface area contributed by atoms with Gasteiger partial charge in [0.1, 0.15) is 11.6 Å². The highest BCUT2D eigenvalue weighted by Gasteiger charge is 2.27. The van der Waals surface area contributed by atoms with E-state index in [9.17, 15) is 0 Å². The van der Waals surface area contributed by atoms with E-state index in [0.717, 1.165) is 23.7 Å². The van der Waals surface area contributed by atoms with Crippen LogP contribution in [0.25, 0.3) is 0 Å². The lowest BCUT2D eigenvalue weighted by Crippen LogP contribution is -2.02. The van der Waals surface area contributed by atoms with Crippen molar-refractivity contribution in [1.82, 2.24) is 30.2 Å². The molecular weight excluding hydrogens is 250 g/mol. The summed E-state index contributed by atoms with van der Waals surface area (Å²) < 4.78 is 1.88. The van der Waals surface area contributed by atoms with Crippen LogP contribution in [0.15, 0.2) is 11.2 Å². The average molecular weight is 263 g/mol. The normalized spacial score (nSPS) is 14.9. The molecule has 0 saturated heterocycles. The van der Waals surface area contributed by atoms with E-state index in [1.165, 1.54) is 11.8 Å². The van der Waals surface area contributed by atoms with Gasteiger partial charge in [-0.2, -0.15) is 0 Å². The number of nitrogens with zero attached hydrogens (tertiary/aromatic N) is 6. The SMILES string of the molecule is Cc1cc(N)nc(CSc2nnnn2C2CC2)n1. The minimum Gasteiger partial charge on any atom is -0.384 e. The molecule has 0 bridgehead atoms. The summed E-state index contributed by atoms with van der Waals surface area (Å²) in [5, 5.41) is 12.5. The van der Waals surface area contributed by atoms with Crippen molar-refractivity contribution in [2.45, 2.75) is 36.7 Å². The quantitative estimate of drug-likeness (QED) is 0.821. The van der Waals surface area contributed by atoms with Gasteiger partial charge in [0.25, 0.3) is 0 Å². The molecule has 7 nitrogen and oxygen atoms in total. The van der Waals surface area contributed by atoms with Crippen LogP contribution in [0.3, 0.4) is 0 Å². The molecule has 3 rings (SSSR count). The minimum atomic E-state index is 0.478. The van der Waals surface area contributed by atoms with Crippen LogP contribution in [0.5, 0.6) is 0 Å². The molecule has 1 aliphatic carbocycles. The highest BCUT2D eigenvalue weighted by molar-refractivity contribution is 7.98. The van der Waals surface area contributed by atoms with Gasteiger partial charge in [0.05, 0.1) is 11.8 Å². The highest BCUT2D eigenvalue weighted by Crippen LogP contribution is 2.36. The largest absolute Gasteiger partial charge is 0.384 e. The molecule has 1 saturated carbocycles. The molecule has 0 aromatic carbocycles. The van der Waals surface area contributed by atoms with Crippen molar-refractivity contribution in [2.24, 2.45) is 0 Å². The fraction of sp³-hybridized carbons (Fsp3) is 0.500. The predicted molar refractivity (Wildman–Crippen MR) is 66.8 cm³/mol. The molecule has 2 aromatic heterocycles. The standard InChI is InChI=1S/C10H13N7S/c1-6-4-8(11)13-9(12-6)5-18-10-14-15-16-17(10)7-2-3-7/h4,7H,2-3,5H2,1H3,(H2,11,12,13). The molecule has 2 N–H and O–H groups in total. The van der Waals surface area contributed by atoms with E-state index in [4.69, 9.17) is 5.73 Å². The second kappa shape index (κ2) is 4.52. The first-order valence-electron chi connectivity index (χ1n) is 5.73. The third kappa shape index (κ3) is 2.42. The van der Waals surface area contributed by atoms with Gasteiger partial charge in [-0.25, -0.2) is 14.6 Å². The Kier molecular flexibility index (Phi) is 2.86. The fourth-order valence-electron chi connectivity index (χ4n) is 1.68. The number of anilines is 1. The smallest absolute Gasteiger partial charge is 0.210 e. The molecule has 0 radical (unpaired) electrons. The Labute approximate surface area is 108 Å². The van der Waals surface area contributed by atoms with Crippen molar-refractivity contribution in [3.63, 3.8) is 0 Å². The van der Waals surface area contributed by atoms with Gasteiger partial charge in [-0.05, 0) is 30.2 Å². The summed E-state index contributed by atoms with van der Waals surface area (Å²) in [5.74, 6) is 1.83. The molecule has 0 atom stereocenters. The van der Waals surface area contributed by atoms with Crippen LogP contribution < -0.4 is 5.73 Å². The number of nitrogen functional groups attached to an aromatic ring is 1. The van der Waals surface area contributed by atoms with Crippen molar-refractivity contribution in [1.29, 1.82) is 0 Å². The number of thioether (sulfide) groups is 1. The molecular formula is C10H13N7S. The van der Waals surface area contributed by atoms with Crippen LogP contribution in [0.1, 0.15) is 30.4 Å². The Bertz CT molecular complexity index is 543. The Morgan fingerprint density at radius 2 is 2.28 bits per heavy atom. The Balaban J connectivity index is 1.71. The average Bonchev–Trinajstić information content (AvgIpc) is 3.05. The Hall–Kier alpha value is -1.70. The van der Waals surface area contributed by atoms with E-state index >= 15 is 0 Å². The molecule has 0 unspecified atom stereocenters. The fourth-order valence-corrected chi connectivity index (χ4v) is 2.48. The Morgan fingerprint density at radius 3 is 3.00 bits per heavy atom. The van der Waals surface area contributed by atoms with Crippen LogP contribution in [-0.4, -0.2) is 30.2 Å². The van der Waals surface area contributed by atoms with Crippen molar-refractivity contribution in [2.75, 3.05) is 5.73 Å². The lowest BCUT2D eigenvalue weighted by Gasteiger charge is -2.03. The lowest BCUT2D eigenvalue weighted by atomic mass is 10.4. The first-order chi connectivity index (χ1) is 8.72. The molecule has 0 spiro atoms. The number of rotatable bonds is 4. The number of tetrazole rings is 1. The molecule has 8 heteroatoms. The van der Waals surface area contributed by atoms with E-state index in [-0.39, 0.29) is 0 Å². The topological polar surface area (TPSA) is 95.4 Å². The summed E-state index contributed by atoms with van der Waals surface area (Å²) in [6.07, 6.45) is 2.32. The van der Waals surface area contributed by atoms with Crippen molar-refractivity contribution in [3.05, 3.63) is 17.6 Å². The molecule has 0 amide bonds. The minimum absolute atomic E-state index is 0.478. The molecule has 1 aliphatic rings. The van der Waals surface area contributed by atoms with Crippen LogP contribution in [0, 0.1) is 6.92 Å². The predicted octanol–water partition coefficient (Wildman–Crippen LogP) is 0.981. The number of hydrogen-bond donors (Lipinski definition) is 1. The van der Waals surface area contributed by atoms with Gasteiger partial charge < -0.3 is 5.73 Å². The molecule has 2 aromatic rings. The number of aromatic nitrogens is 6. The van der Waals surface area contributed by atoms with Crippen LogP contribution in [0.2, 0.25) is 0 Å². The van der Waals surface area contributed by atoms with Crippen LogP contribution >= 0.6 is 11.8 Å². The lowest BCUT2D eigenvalue weighted by molar-refractivity contribution is 0.565. The Morgan fingerprint density at radius 1 is 1.44 bits per heavy atom.